The summed E-state index contributed by atoms with van der Waals surface area (Å²) >= 11 is 0. The Hall–Kier alpha value is -4.54. The van der Waals surface area contributed by atoms with Crippen molar-refractivity contribution in [3.05, 3.63) is 76.7 Å². The molecule has 0 bridgehead atoms. The summed E-state index contributed by atoms with van der Waals surface area (Å²) in [5.74, 6) is 0.895. The largest absolute Gasteiger partial charge is 0.418 e. The minimum absolute atomic E-state index is 0.0683. The van der Waals surface area contributed by atoms with Gasteiger partial charge in [0.05, 0.1) is 6.20 Å². The molecule has 0 saturated carbocycles. The number of benzene rings is 2. The van der Waals surface area contributed by atoms with E-state index in [2.05, 4.69) is 40.4 Å². The molecular weight excluding hydrogens is 499 g/mol. The van der Waals surface area contributed by atoms with Crippen LogP contribution in [0.4, 0.5) is 33.7 Å². The first-order valence-corrected chi connectivity index (χ1v) is 12.9. The summed E-state index contributed by atoms with van der Waals surface area (Å²) in [5.41, 5.74) is 4.82. The number of nitrogens with zero attached hydrogens (tertiary/aromatic N) is 6. The number of halogens is 1. The Labute approximate surface area is 226 Å². The smallest absolute Gasteiger partial charge is 0.302 e. The molecule has 4 aromatic rings. The van der Waals surface area contributed by atoms with E-state index in [1.807, 2.05) is 39.8 Å². The lowest BCUT2D eigenvalue weighted by Gasteiger charge is -2.36. The highest BCUT2D eigenvalue weighted by Crippen LogP contribution is 2.24. The van der Waals surface area contributed by atoms with Crippen LogP contribution in [0.1, 0.15) is 40.0 Å². The number of piperazine rings is 1. The Kier molecular flexibility index (Phi) is 7.40. The fraction of sp³-hybridized carbons (Fsp3) is 0.321. The summed E-state index contributed by atoms with van der Waals surface area (Å²) in [5, 5.41) is 5.89. The average molecular weight is 531 g/mol. The van der Waals surface area contributed by atoms with Crippen LogP contribution in [0.3, 0.4) is 0 Å². The molecule has 2 aromatic carbocycles. The molecule has 39 heavy (non-hydrogen) atoms. The van der Waals surface area contributed by atoms with Crippen molar-refractivity contribution >= 4 is 35.2 Å². The van der Waals surface area contributed by atoms with E-state index in [-0.39, 0.29) is 23.5 Å². The van der Waals surface area contributed by atoms with Gasteiger partial charge in [0.2, 0.25) is 17.7 Å². The zero-order valence-corrected chi connectivity index (χ0v) is 22.5. The molecule has 2 N–H and O–H groups in total. The van der Waals surface area contributed by atoms with Crippen LogP contribution in [0.15, 0.2) is 47.0 Å². The van der Waals surface area contributed by atoms with E-state index in [0.717, 1.165) is 41.2 Å². The summed E-state index contributed by atoms with van der Waals surface area (Å²) in [4.78, 5) is 35.0. The number of amides is 1. The van der Waals surface area contributed by atoms with Crippen molar-refractivity contribution in [2.24, 2.45) is 0 Å². The van der Waals surface area contributed by atoms with Gasteiger partial charge in [0.1, 0.15) is 11.6 Å². The number of rotatable bonds is 7. The van der Waals surface area contributed by atoms with E-state index >= 15 is 0 Å². The third-order valence-electron chi connectivity index (χ3n) is 6.60. The number of aromatic nitrogens is 4. The quantitative estimate of drug-likeness (QED) is 0.348. The zero-order chi connectivity index (χ0) is 27.5. The lowest BCUT2D eigenvalue weighted by Crippen LogP contribution is -2.47. The summed E-state index contributed by atoms with van der Waals surface area (Å²) in [6.07, 6.45) is 1.99. The summed E-state index contributed by atoms with van der Waals surface area (Å²) in [7, 11) is 0. The molecule has 202 valence electrons. The topological polar surface area (TPSA) is 112 Å². The molecule has 3 heterocycles. The molecule has 0 atom stereocenters. The number of carbonyl (C=O) groups is 1. The van der Waals surface area contributed by atoms with Gasteiger partial charge >= 0.3 is 6.01 Å². The van der Waals surface area contributed by atoms with E-state index < -0.39 is 5.91 Å². The van der Waals surface area contributed by atoms with Gasteiger partial charge in [-0.3, -0.25) is 10.1 Å². The Bertz CT molecular complexity index is 1460. The molecule has 0 radical (unpaired) electrons. The molecule has 0 unspecified atom stereocenters. The van der Waals surface area contributed by atoms with E-state index in [0.29, 0.717) is 31.3 Å². The molecule has 2 aromatic heterocycles. The molecule has 5 rings (SSSR count). The summed E-state index contributed by atoms with van der Waals surface area (Å²) in [6, 6.07) is 10.7. The average Bonchev–Trinajstić information content (AvgIpc) is 3.39. The fourth-order valence-electron chi connectivity index (χ4n) is 4.66. The van der Waals surface area contributed by atoms with Crippen LogP contribution in [0.2, 0.25) is 0 Å². The Morgan fingerprint density at radius 2 is 1.64 bits per heavy atom. The molecule has 1 aliphatic heterocycles. The molecule has 1 aliphatic rings. The van der Waals surface area contributed by atoms with Gasteiger partial charge < -0.3 is 19.5 Å². The van der Waals surface area contributed by atoms with Crippen molar-refractivity contribution in [2.75, 3.05) is 46.6 Å². The normalized spacial score (nSPS) is 13.5. The van der Waals surface area contributed by atoms with Crippen LogP contribution < -0.4 is 20.4 Å². The number of anilines is 5. The van der Waals surface area contributed by atoms with Crippen molar-refractivity contribution < 1.29 is 13.6 Å². The number of hydrogen-bond acceptors (Lipinski definition) is 9. The van der Waals surface area contributed by atoms with Crippen molar-refractivity contribution in [1.82, 2.24) is 19.9 Å². The second kappa shape index (κ2) is 11.1. The van der Waals surface area contributed by atoms with Crippen LogP contribution in [-0.4, -0.2) is 52.0 Å². The highest BCUT2D eigenvalue weighted by atomic mass is 19.1. The predicted molar refractivity (Wildman–Crippen MR) is 148 cm³/mol. The Morgan fingerprint density at radius 3 is 2.31 bits per heavy atom. The van der Waals surface area contributed by atoms with Crippen LogP contribution in [0.5, 0.6) is 0 Å². The van der Waals surface area contributed by atoms with Crippen molar-refractivity contribution in [3.63, 3.8) is 0 Å². The number of aryl methyl sites for hydroxylation is 4. The molecule has 1 saturated heterocycles. The highest BCUT2D eigenvalue weighted by Gasteiger charge is 2.22. The summed E-state index contributed by atoms with van der Waals surface area (Å²) in [6.45, 7) is 10.8. The van der Waals surface area contributed by atoms with E-state index in [4.69, 9.17) is 4.42 Å². The highest BCUT2D eigenvalue weighted by molar-refractivity contribution is 6.03. The second-order valence-corrected chi connectivity index (χ2v) is 9.56. The first-order chi connectivity index (χ1) is 18.8. The summed E-state index contributed by atoms with van der Waals surface area (Å²) < 4.78 is 19.0. The second-order valence-electron chi connectivity index (χ2n) is 9.56. The van der Waals surface area contributed by atoms with Gasteiger partial charge in [0.25, 0.3) is 5.91 Å². The number of nitrogens with one attached hydrogen (secondary N) is 2. The lowest BCUT2D eigenvalue weighted by atomic mass is 10.1. The molecule has 0 aliphatic carbocycles. The number of carbonyl (C=O) groups excluding carboxylic acids is 1. The number of oxazole rings is 1. The molecule has 0 spiro atoms. The SMILES string of the molecule is CCc1nc(Nc2ncc(C(=O)Nc3c(C)cc(C)cc3C)o2)nc(N2CCN(c3ccc(F)cc3)CC2)n1. The third kappa shape index (κ3) is 5.97. The first kappa shape index (κ1) is 26.1. The van der Waals surface area contributed by atoms with Crippen molar-refractivity contribution in [3.8, 4) is 0 Å². The molecule has 10 nitrogen and oxygen atoms in total. The van der Waals surface area contributed by atoms with Crippen LogP contribution in [0.25, 0.3) is 0 Å². The molecule has 11 heteroatoms. The van der Waals surface area contributed by atoms with E-state index in [1.165, 1.54) is 18.3 Å². The monoisotopic (exact) mass is 530 g/mol. The number of hydrogen-bond donors (Lipinski definition) is 2. The minimum atomic E-state index is -0.393. The Morgan fingerprint density at radius 1 is 0.974 bits per heavy atom. The van der Waals surface area contributed by atoms with Crippen LogP contribution >= 0.6 is 0 Å². The van der Waals surface area contributed by atoms with Gasteiger partial charge in [-0.05, 0) is 56.2 Å². The van der Waals surface area contributed by atoms with Gasteiger partial charge in [-0.1, -0.05) is 24.6 Å². The van der Waals surface area contributed by atoms with E-state index in [1.54, 1.807) is 12.1 Å². The maximum Gasteiger partial charge on any atom is 0.302 e. The van der Waals surface area contributed by atoms with Gasteiger partial charge in [-0.25, -0.2) is 9.37 Å². The Balaban J connectivity index is 1.26. The van der Waals surface area contributed by atoms with Gasteiger partial charge in [-0.2, -0.15) is 15.0 Å². The van der Waals surface area contributed by atoms with Crippen molar-refractivity contribution in [2.45, 2.75) is 34.1 Å². The minimum Gasteiger partial charge on any atom is -0.418 e. The van der Waals surface area contributed by atoms with Gasteiger partial charge in [0.15, 0.2) is 0 Å². The fourth-order valence-corrected chi connectivity index (χ4v) is 4.66. The first-order valence-electron chi connectivity index (χ1n) is 12.9. The third-order valence-corrected chi connectivity index (χ3v) is 6.60. The molecular formula is C28H31FN8O2. The predicted octanol–water partition coefficient (Wildman–Crippen LogP) is 4.81. The lowest BCUT2D eigenvalue weighted by molar-refractivity contribution is 0.0997. The van der Waals surface area contributed by atoms with Crippen LogP contribution in [-0.2, 0) is 6.42 Å². The van der Waals surface area contributed by atoms with Crippen LogP contribution in [0, 0.1) is 26.6 Å². The maximum atomic E-state index is 13.3. The zero-order valence-electron chi connectivity index (χ0n) is 22.5. The molecule has 1 amide bonds. The molecule has 1 fully saturated rings. The van der Waals surface area contributed by atoms with Crippen molar-refractivity contribution in [1.29, 1.82) is 0 Å². The maximum absolute atomic E-state index is 13.3. The van der Waals surface area contributed by atoms with Gasteiger partial charge in [-0.15, -0.1) is 0 Å². The standard InChI is InChI=1S/C28H31FN8O2/c1-5-23-31-26(34-27(32-23)37-12-10-36(11-13-37)21-8-6-20(29)7-9-21)35-28-30-16-22(39-28)25(38)33-24-18(3)14-17(2)15-19(24)4/h6-9,14-16H,5,10-13H2,1-4H3,(H,33,38)(H,30,31,32,34,35). The van der Waals surface area contributed by atoms with E-state index in [9.17, 15) is 9.18 Å². The van der Waals surface area contributed by atoms with Gasteiger partial charge in [0, 0.05) is 44.0 Å².